The smallest absolute Gasteiger partial charge is 0.241 e. The second kappa shape index (κ2) is 5.83. The zero-order valence-electron chi connectivity index (χ0n) is 12.2. The van der Waals surface area contributed by atoms with Crippen molar-refractivity contribution in [2.45, 2.75) is 24.3 Å². The molecule has 5 nitrogen and oxygen atoms in total. The van der Waals surface area contributed by atoms with E-state index in [1.807, 2.05) is 13.8 Å². The quantitative estimate of drug-likeness (QED) is 0.920. The van der Waals surface area contributed by atoms with Crippen LogP contribution in [-0.4, -0.2) is 20.5 Å². The van der Waals surface area contributed by atoms with Crippen LogP contribution in [-0.2, 0) is 15.6 Å². The van der Waals surface area contributed by atoms with Crippen molar-refractivity contribution < 1.29 is 13.2 Å². The molecule has 112 valence electrons. The molecule has 2 aromatic rings. The summed E-state index contributed by atoms with van der Waals surface area (Å²) in [4.78, 5) is 4.14. The Morgan fingerprint density at radius 2 is 1.62 bits per heavy atom. The Bertz CT molecular complexity index is 695. The molecular formula is C15H18N2O3S. The summed E-state index contributed by atoms with van der Waals surface area (Å²) in [6, 6.07) is 9.85. The predicted octanol–water partition coefficient (Wildman–Crippen LogP) is 2.30. The average Bonchev–Trinajstić information content (AvgIpc) is 2.47. The Morgan fingerprint density at radius 3 is 2.14 bits per heavy atom. The van der Waals surface area contributed by atoms with Crippen molar-refractivity contribution >= 4 is 10.0 Å². The maximum Gasteiger partial charge on any atom is 0.241 e. The minimum absolute atomic E-state index is 0.199. The summed E-state index contributed by atoms with van der Waals surface area (Å²) in [6.07, 6.45) is 3.28. The number of rotatable bonds is 5. The molecule has 2 rings (SSSR count). The first kappa shape index (κ1) is 15.5. The number of pyridine rings is 1. The molecular weight excluding hydrogens is 288 g/mol. The van der Waals surface area contributed by atoms with Crippen molar-refractivity contribution in [3.63, 3.8) is 0 Å². The van der Waals surface area contributed by atoms with E-state index in [2.05, 4.69) is 9.71 Å². The molecule has 0 spiro atoms. The number of sulfonamides is 1. The normalized spacial score (nSPS) is 12.1. The first-order valence-electron chi connectivity index (χ1n) is 6.44. The van der Waals surface area contributed by atoms with E-state index in [1.54, 1.807) is 36.7 Å². The van der Waals surface area contributed by atoms with Crippen LogP contribution in [0.15, 0.2) is 53.7 Å². The van der Waals surface area contributed by atoms with Gasteiger partial charge >= 0.3 is 0 Å². The van der Waals surface area contributed by atoms with E-state index in [0.29, 0.717) is 5.75 Å². The summed E-state index contributed by atoms with van der Waals surface area (Å²) in [5, 5.41) is 0. The lowest BCUT2D eigenvalue weighted by Gasteiger charge is -2.26. The third-order valence-electron chi connectivity index (χ3n) is 3.16. The van der Waals surface area contributed by atoms with Crippen molar-refractivity contribution in [2.75, 3.05) is 7.11 Å². The number of nitrogens with zero attached hydrogens (tertiary/aromatic N) is 1. The van der Waals surface area contributed by atoms with Gasteiger partial charge in [-0.25, -0.2) is 13.1 Å². The lowest BCUT2D eigenvalue weighted by molar-refractivity contribution is 0.414. The van der Waals surface area contributed by atoms with E-state index in [1.165, 1.54) is 19.2 Å². The van der Waals surface area contributed by atoms with Gasteiger partial charge in [-0.15, -0.1) is 0 Å². The van der Waals surface area contributed by atoms with E-state index in [0.717, 1.165) is 5.56 Å². The topological polar surface area (TPSA) is 68.3 Å². The molecule has 21 heavy (non-hydrogen) atoms. The largest absolute Gasteiger partial charge is 0.497 e. The Labute approximate surface area is 125 Å². The van der Waals surface area contributed by atoms with Crippen LogP contribution in [0.25, 0.3) is 0 Å². The molecule has 0 unspecified atom stereocenters. The number of methoxy groups -OCH3 is 1. The van der Waals surface area contributed by atoms with E-state index in [4.69, 9.17) is 4.74 Å². The van der Waals surface area contributed by atoms with Gasteiger partial charge in [-0.1, -0.05) is 0 Å². The minimum atomic E-state index is -3.62. The number of nitrogens with one attached hydrogen (secondary N) is 1. The van der Waals surface area contributed by atoms with Gasteiger partial charge in [0.15, 0.2) is 0 Å². The van der Waals surface area contributed by atoms with Gasteiger partial charge in [-0.2, -0.15) is 0 Å². The van der Waals surface area contributed by atoms with Crippen LogP contribution in [0.3, 0.4) is 0 Å². The monoisotopic (exact) mass is 306 g/mol. The molecule has 1 aromatic heterocycles. The highest BCUT2D eigenvalue weighted by Crippen LogP contribution is 2.23. The number of hydrogen-bond donors (Lipinski definition) is 1. The van der Waals surface area contributed by atoms with Crippen LogP contribution in [0.4, 0.5) is 0 Å². The highest BCUT2D eigenvalue weighted by atomic mass is 32.2. The summed E-state index contributed by atoms with van der Waals surface area (Å²) in [5.74, 6) is 0.613. The average molecular weight is 306 g/mol. The van der Waals surface area contributed by atoms with Crippen LogP contribution in [0, 0.1) is 0 Å². The first-order valence-corrected chi connectivity index (χ1v) is 7.92. The van der Waals surface area contributed by atoms with Gasteiger partial charge in [0.25, 0.3) is 0 Å². The molecule has 0 amide bonds. The molecule has 1 N–H and O–H groups in total. The van der Waals surface area contributed by atoms with Crippen LogP contribution in [0.2, 0.25) is 0 Å². The molecule has 0 radical (unpaired) electrons. The van der Waals surface area contributed by atoms with Gasteiger partial charge in [-0.3, -0.25) is 4.98 Å². The Balaban J connectivity index is 2.28. The Morgan fingerprint density at radius 1 is 1.05 bits per heavy atom. The molecule has 1 aromatic carbocycles. The Hall–Kier alpha value is -1.92. The second-order valence-corrected chi connectivity index (χ2v) is 6.82. The number of benzene rings is 1. The second-order valence-electron chi connectivity index (χ2n) is 5.14. The molecule has 0 saturated heterocycles. The van der Waals surface area contributed by atoms with Crippen LogP contribution >= 0.6 is 0 Å². The van der Waals surface area contributed by atoms with E-state index in [9.17, 15) is 8.42 Å². The van der Waals surface area contributed by atoms with Crippen molar-refractivity contribution in [1.82, 2.24) is 9.71 Å². The lowest BCUT2D eigenvalue weighted by atomic mass is 9.97. The Kier molecular flexibility index (Phi) is 4.29. The summed E-state index contributed by atoms with van der Waals surface area (Å²) in [6.45, 7) is 3.62. The highest BCUT2D eigenvalue weighted by molar-refractivity contribution is 7.89. The standard InChI is InChI=1S/C15H18N2O3S/c1-15(2,12-8-10-16-11-9-12)17-21(18,19)14-6-4-13(20-3)5-7-14/h4-11,17H,1-3H3. The highest BCUT2D eigenvalue weighted by Gasteiger charge is 2.27. The van der Waals surface area contributed by atoms with E-state index < -0.39 is 15.6 Å². The van der Waals surface area contributed by atoms with Gasteiger partial charge in [0.05, 0.1) is 17.5 Å². The fourth-order valence-electron chi connectivity index (χ4n) is 1.98. The summed E-state index contributed by atoms with van der Waals surface area (Å²) >= 11 is 0. The fourth-order valence-corrected chi connectivity index (χ4v) is 3.38. The molecule has 0 aliphatic heterocycles. The minimum Gasteiger partial charge on any atom is -0.497 e. The third-order valence-corrected chi connectivity index (χ3v) is 4.83. The van der Waals surface area contributed by atoms with Gasteiger partial charge < -0.3 is 4.74 Å². The molecule has 6 heteroatoms. The van der Waals surface area contributed by atoms with E-state index >= 15 is 0 Å². The van der Waals surface area contributed by atoms with Crippen molar-refractivity contribution in [1.29, 1.82) is 0 Å². The zero-order valence-corrected chi connectivity index (χ0v) is 13.0. The molecule has 0 saturated carbocycles. The number of ether oxygens (including phenoxy) is 1. The lowest BCUT2D eigenvalue weighted by Crippen LogP contribution is -2.40. The van der Waals surface area contributed by atoms with Gasteiger partial charge in [0.1, 0.15) is 5.75 Å². The summed E-state index contributed by atoms with van der Waals surface area (Å²) in [5.41, 5.74) is 0.108. The van der Waals surface area contributed by atoms with Gasteiger partial charge in [0.2, 0.25) is 10.0 Å². The van der Waals surface area contributed by atoms with Crippen LogP contribution < -0.4 is 9.46 Å². The SMILES string of the molecule is COc1ccc(S(=O)(=O)NC(C)(C)c2ccncc2)cc1. The number of aromatic nitrogens is 1. The fraction of sp³-hybridized carbons (Fsp3) is 0.267. The third kappa shape index (κ3) is 3.59. The zero-order chi connectivity index (χ0) is 15.5. The maximum absolute atomic E-state index is 12.5. The molecule has 0 fully saturated rings. The predicted molar refractivity (Wildman–Crippen MR) is 80.6 cm³/mol. The van der Waals surface area contributed by atoms with Crippen molar-refractivity contribution in [2.24, 2.45) is 0 Å². The van der Waals surface area contributed by atoms with Crippen molar-refractivity contribution in [3.8, 4) is 5.75 Å². The number of hydrogen-bond acceptors (Lipinski definition) is 4. The molecule has 0 atom stereocenters. The molecule has 1 heterocycles. The van der Waals surface area contributed by atoms with Crippen LogP contribution in [0.1, 0.15) is 19.4 Å². The van der Waals surface area contributed by atoms with E-state index in [-0.39, 0.29) is 4.90 Å². The van der Waals surface area contributed by atoms with Gasteiger partial charge in [0, 0.05) is 12.4 Å². The summed E-state index contributed by atoms with van der Waals surface area (Å²) < 4.78 is 32.6. The summed E-state index contributed by atoms with van der Waals surface area (Å²) in [7, 11) is -2.08. The maximum atomic E-state index is 12.5. The van der Waals surface area contributed by atoms with Crippen LogP contribution in [0.5, 0.6) is 5.75 Å². The first-order chi connectivity index (χ1) is 9.85. The molecule has 0 aliphatic rings. The molecule has 0 aliphatic carbocycles. The van der Waals surface area contributed by atoms with Crippen molar-refractivity contribution in [3.05, 3.63) is 54.4 Å². The van der Waals surface area contributed by atoms with Gasteiger partial charge in [-0.05, 0) is 55.8 Å². The molecule has 0 bridgehead atoms.